The van der Waals surface area contributed by atoms with Gasteiger partial charge in [0.2, 0.25) is 0 Å². The standard InChI is InChI=1S/C28H68O10Si8/c1-21(19-27(3,4)39-33-41(35-43(7,8)9)36-44(10,11)12)23(25(29)30)24(26(31)32)22(2)20-28(5,6)40-34-42(37-45(13,14)15)38-46(16,17)18/h21-22,41-42H,19-20,39-40H2,1-18H3,(H,29,30)(H,31,32). The van der Waals surface area contributed by atoms with E-state index in [0.29, 0.717) is 12.8 Å². The van der Waals surface area contributed by atoms with Gasteiger partial charge in [-0.1, -0.05) is 41.5 Å². The Labute approximate surface area is 293 Å². The van der Waals surface area contributed by atoms with Crippen molar-refractivity contribution in [3.63, 3.8) is 0 Å². The average Bonchev–Trinajstić information content (AvgIpc) is 2.74. The van der Waals surface area contributed by atoms with Crippen LogP contribution in [0.3, 0.4) is 0 Å². The van der Waals surface area contributed by atoms with Gasteiger partial charge in [0.05, 0.1) is 11.1 Å². The molecule has 0 aliphatic carbocycles. The van der Waals surface area contributed by atoms with Crippen molar-refractivity contribution in [2.45, 2.75) is 143 Å². The molecule has 0 aromatic heterocycles. The topological polar surface area (TPSA) is 130 Å². The van der Waals surface area contributed by atoms with Crippen LogP contribution in [0.1, 0.15) is 54.4 Å². The van der Waals surface area contributed by atoms with Crippen molar-refractivity contribution >= 4 is 83.8 Å². The summed E-state index contributed by atoms with van der Waals surface area (Å²) in [5.74, 6) is -3.34. The van der Waals surface area contributed by atoms with Crippen LogP contribution in [0.5, 0.6) is 0 Å². The first-order chi connectivity index (χ1) is 20.2. The highest BCUT2D eigenvalue weighted by Gasteiger charge is 2.38. The van der Waals surface area contributed by atoms with E-state index in [0.717, 1.165) is 0 Å². The van der Waals surface area contributed by atoms with E-state index in [1.165, 1.54) is 0 Å². The van der Waals surface area contributed by atoms with E-state index in [4.69, 9.17) is 24.7 Å². The summed E-state index contributed by atoms with van der Waals surface area (Å²) in [6.07, 6.45) is 0.976. The van der Waals surface area contributed by atoms with Gasteiger partial charge in [-0.2, -0.15) is 0 Å². The zero-order valence-corrected chi connectivity index (χ0v) is 41.4. The fraction of sp³-hybridized carbons (Fsp3) is 0.857. The number of hydrogen-bond donors (Lipinski definition) is 2. The lowest BCUT2D eigenvalue weighted by Crippen LogP contribution is -2.46. The van der Waals surface area contributed by atoms with Crippen LogP contribution in [0.4, 0.5) is 0 Å². The second kappa shape index (κ2) is 17.9. The molecule has 0 saturated heterocycles. The van der Waals surface area contributed by atoms with E-state index in [-0.39, 0.29) is 21.2 Å². The fourth-order valence-electron chi connectivity index (χ4n) is 5.09. The molecular formula is C28H68O10Si8. The average molecular weight is 790 g/mol. The lowest BCUT2D eigenvalue weighted by molar-refractivity contribution is -0.137. The van der Waals surface area contributed by atoms with Gasteiger partial charge in [0, 0.05) is 0 Å². The Morgan fingerprint density at radius 2 is 0.783 bits per heavy atom. The summed E-state index contributed by atoms with van der Waals surface area (Å²) >= 11 is 0. The van der Waals surface area contributed by atoms with E-state index in [9.17, 15) is 19.8 Å². The molecule has 0 fully saturated rings. The van der Waals surface area contributed by atoms with Crippen molar-refractivity contribution in [1.29, 1.82) is 0 Å². The summed E-state index contributed by atoms with van der Waals surface area (Å²) in [5.41, 5.74) is -0.0512. The molecule has 18 heteroatoms. The predicted octanol–water partition coefficient (Wildman–Crippen LogP) is 5.94. The van der Waals surface area contributed by atoms with E-state index in [1.54, 1.807) is 0 Å². The van der Waals surface area contributed by atoms with Crippen LogP contribution in [0.15, 0.2) is 11.1 Å². The van der Waals surface area contributed by atoms with Gasteiger partial charge in [-0.15, -0.1) is 0 Å². The zero-order chi connectivity index (χ0) is 36.7. The maximum Gasteiger partial charge on any atom is 0.452 e. The molecule has 2 atom stereocenters. The molecule has 0 aliphatic heterocycles. The van der Waals surface area contributed by atoms with E-state index < -0.39 is 95.6 Å². The minimum atomic E-state index is -2.34. The van der Waals surface area contributed by atoms with E-state index >= 15 is 0 Å². The molecule has 10 nitrogen and oxygen atoms in total. The van der Waals surface area contributed by atoms with Gasteiger partial charge < -0.3 is 34.9 Å². The van der Waals surface area contributed by atoms with Gasteiger partial charge in [0.1, 0.15) is 0 Å². The summed E-state index contributed by atoms with van der Waals surface area (Å²) in [6.45, 7) is 37.4. The van der Waals surface area contributed by atoms with Gasteiger partial charge in [-0.05, 0) is 113 Å². The first-order valence-corrected chi connectivity index (χ1v) is 35.4. The van der Waals surface area contributed by atoms with Crippen molar-refractivity contribution in [3.8, 4) is 0 Å². The largest absolute Gasteiger partial charge is 0.478 e. The first kappa shape index (κ1) is 46.2. The molecule has 0 bridgehead atoms. The molecule has 0 radical (unpaired) electrons. The van der Waals surface area contributed by atoms with Crippen LogP contribution in [-0.4, -0.2) is 94.0 Å². The number of carboxylic acids is 2. The SMILES string of the molecule is CC(CC(C)(C)[SiH2]O[SiH](O[Si](C)(C)C)O[Si](C)(C)C)C(C(=O)O)=C(C(=O)O)C(C)CC(C)(C)[SiH2]O[SiH](O[Si](C)(C)C)O[Si](C)(C)C. The smallest absolute Gasteiger partial charge is 0.452 e. The summed E-state index contributed by atoms with van der Waals surface area (Å²) in [6, 6.07) is 0. The lowest BCUT2D eigenvalue weighted by Gasteiger charge is -2.35. The van der Waals surface area contributed by atoms with Crippen LogP contribution in [-0.2, 0) is 34.3 Å². The number of aliphatic carboxylic acids is 2. The number of carboxylic acid groups (broad SMARTS) is 2. The summed E-state index contributed by atoms with van der Waals surface area (Å²) in [4.78, 5) is 25.4. The number of hydrogen-bond acceptors (Lipinski definition) is 8. The van der Waals surface area contributed by atoms with Crippen LogP contribution in [0.2, 0.25) is 88.6 Å². The zero-order valence-electron chi connectivity index (χ0n) is 32.3. The molecule has 0 rings (SSSR count). The maximum atomic E-state index is 12.7. The summed E-state index contributed by atoms with van der Waals surface area (Å²) in [5, 5.41) is 20.1. The molecule has 0 amide bonds. The van der Waals surface area contributed by atoms with Gasteiger partial charge in [-0.25, -0.2) is 9.59 Å². The molecule has 0 saturated carbocycles. The first-order valence-electron chi connectivity index (χ1n) is 16.4. The van der Waals surface area contributed by atoms with Crippen molar-refractivity contribution in [1.82, 2.24) is 0 Å². The highest BCUT2D eigenvalue weighted by atomic mass is 28.5. The van der Waals surface area contributed by atoms with Crippen LogP contribution in [0.25, 0.3) is 0 Å². The molecule has 2 N–H and O–H groups in total. The molecule has 46 heavy (non-hydrogen) atoms. The minimum absolute atomic E-state index is 0.0256. The van der Waals surface area contributed by atoms with Crippen molar-refractivity contribution in [2.75, 3.05) is 0 Å². The third-order valence-electron chi connectivity index (χ3n) is 6.47. The van der Waals surface area contributed by atoms with Crippen molar-refractivity contribution in [3.05, 3.63) is 11.1 Å². The molecule has 2 unspecified atom stereocenters. The maximum absolute atomic E-state index is 12.7. The van der Waals surface area contributed by atoms with Crippen LogP contribution >= 0.6 is 0 Å². The van der Waals surface area contributed by atoms with Crippen molar-refractivity contribution < 1.29 is 44.5 Å². The van der Waals surface area contributed by atoms with E-state index in [2.05, 4.69) is 106 Å². The monoisotopic (exact) mass is 788 g/mol. The predicted molar refractivity (Wildman–Crippen MR) is 209 cm³/mol. The molecule has 0 aliphatic rings. The quantitative estimate of drug-likeness (QED) is 0.100. The highest BCUT2D eigenvalue weighted by Crippen LogP contribution is 2.40. The molecule has 0 aromatic rings. The Bertz CT molecular complexity index is 915. The summed E-state index contributed by atoms with van der Waals surface area (Å²) < 4.78 is 38.2. The Morgan fingerprint density at radius 3 is 0.957 bits per heavy atom. The van der Waals surface area contributed by atoms with Crippen LogP contribution in [0, 0.1) is 11.8 Å². The van der Waals surface area contributed by atoms with Crippen molar-refractivity contribution in [2.24, 2.45) is 11.8 Å². The Hall–Kier alpha value is 0.175. The molecule has 0 spiro atoms. The van der Waals surface area contributed by atoms with Gasteiger partial charge in [0.15, 0.2) is 52.8 Å². The third-order valence-corrected chi connectivity index (χ3v) is 26.5. The van der Waals surface area contributed by atoms with Crippen LogP contribution < -0.4 is 0 Å². The Morgan fingerprint density at radius 1 is 0.565 bits per heavy atom. The van der Waals surface area contributed by atoms with Gasteiger partial charge >= 0.3 is 31.0 Å². The van der Waals surface area contributed by atoms with Gasteiger partial charge in [0.25, 0.3) is 0 Å². The number of rotatable bonds is 22. The molecular weight excluding hydrogens is 721 g/mol. The Balaban J connectivity index is 6.03. The highest BCUT2D eigenvalue weighted by molar-refractivity contribution is 6.81. The second-order valence-corrected chi connectivity index (χ2v) is 47.0. The van der Waals surface area contributed by atoms with E-state index in [1.807, 2.05) is 13.8 Å². The third kappa shape index (κ3) is 21.3. The number of carbonyl (C=O) groups is 2. The fourth-order valence-corrected chi connectivity index (χ4v) is 24.9. The normalized spacial score (nSPS) is 16.6. The second-order valence-electron chi connectivity index (χ2n) is 18.1. The molecule has 0 heterocycles. The van der Waals surface area contributed by atoms with Gasteiger partial charge in [-0.3, -0.25) is 0 Å². The Kier molecular flexibility index (Phi) is 18.0. The molecule has 272 valence electrons. The minimum Gasteiger partial charge on any atom is -0.478 e. The molecule has 0 aromatic carbocycles. The lowest BCUT2D eigenvalue weighted by atomic mass is 9.81. The summed E-state index contributed by atoms with van der Waals surface area (Å²) in [7, 11) is -14.6.